The molecule has 3 heteroatoms. The van der Waals surface area contributed by atoms with Crippen LogP contribution in [0.25, 0.3) is 0 Å². The fourth-order valence-electron chi connectivity index (χ4n) is 1.91. The lowest BCUT2D eigenvalue weighted by atomic mass is 10.1. The van der Waals surface area contributed by atoms with Gasteiger partial charge in [0, 0.05) is 11.4 Å². The zero-order valence-corrected chi connectivity index (χ0v) is 11.5. The molecule has 0 radical (unpaired) electrons. The van der Waals surface area contributed by atoms with Crippen molar-refractivity contribution in [1.82, 2.24) is 10.3 Å². The van der Waals surface area contributed by atoms with Crippen molar-refractivity contribution in [2.75, 3.05) is 0 Å². The standard InChI is InChI=1S/C13H22N2S/c1-8(2)11-7-16-13(15-11)12(10-5-6-10)14-9(3)4/h7-10,12,14H,5-6H2,1-4H3. The zero-order chi connectivity index (χ0) is 11.7. The molecule has 2 nitrogen and oxygen atoms in total. The summed E-state index contributed by atoms with van der Waals surface area (Å²) in [7, 11) is 0. The maximum atomic E-state index is 4.78. The highest BCUT2D eigenvalue weighted by molar-refractivity contribution is 7.09. The Morgan fingerprint density at radius 3 is 2.44 bits per heavy atom. The van der Waals surface area contributed by atoms with E-state index >= 15 is 0 Å². The molecular weight excluding hydrogens is 216 g/mol. The van der Waals surface area contributed by atoms with E-state index in [9.17, 15) is 0 Å². The van der Waals surface area contributed by atoms with Crippen LogP contribution in [0.15, 0.2) is 5.38 Å². The van der Waals surface area contributed by atoms with E-state index in [2.05, 4.69) is 38.4 Å². The fraction of sp³-hybridized carbons (Fsp3) is 0.769. The van der Waals surface area contributed by atoms with Crippen molar-refractivity contribution in [2.24, 2.45) is 5.92 Å². The average Bonchev–Trinajstić information content (AvgIpc) is 2.91. The number of nitrogens with zero attached hydrogens (tertiary/aromatic N) is 1. The number of aromatic nitrogens is 1. The largest absolute Gasteiger partial charge is 0.305 e. The lowest BCUT2D eigenvalue weighted by Crippen LogP contribution is -2.29. The fourth-order valence-corrected chi connectivity index (χ4v) is 3.04. The molecule has 0 amide bonds. The maximum absolute atomic E-state index is 4.78. The van der Waals surface area contributed by atoms with Gasteiger partial charge in [0.2, 0.25) is 0 Å². The Morgan fingerprint density at radius 1 is 1.31 bits per heavy atom. The Balaban J connectivity index is 2.11. The van der Waals surface area contributed by atoms with Crippen molar-refractivity contribution < 1.29 is 0 Å². The van der Waals surface area contributed by atoms with Gasteiger partial charge in [-0.3, -0.25) is 0 Å². The van der Waals surface area contributed by atoms with Crippen LogP contribution in [0.1, 0.15) is 63.2 Å². The minimum Gasteiger partial charge on any atom is -0.305 e. The molecule has 1 aromatic heterocycles. The highest BCUT2D eigenvalue weighted by atomic mass is 32.1. The summed E-state index contributed by atoms with van der Waals surface area (Å²) in [6.45, 7) is 8.85. The molecule has 1 aliphatic carbocycles. The predicted octanol–water partition coefficient (Wildman–Crippen LogP) is 3.72. The SMILES string of the molecule is CC(C)NC(c1nc(C(C)C)cs1)C1CC1. The molecule has 1 aliphatic rings. The lowest BCUT2D eigenvalue weighted by Gasteiger charge is -2.18. The Morgan fingerprint density at radius 2 is 2.00 bits per heavy atom. The molecule has 0 aromatic carbocycles. The van der Waals surface area contributed by atoms with Crippen molar-refractivity contribution in [3.8, 4) is 0 Å². The molecular formula is C13H22N2S. The first-order valence-electron chi connectivity index (χ1n) is 6.29. The van der Waals surface area contributed by atoms with Crippen LogP contribution in [-0.4, -0.2) is 11.0 Å². The van der Waals surface area contributed by atoms with Crippen LogP contribution in [0.5, 0.6) is 0 Å². The Labute approximate surface area is 102 Å². The maximum Gasteiger partial charge on any atom is 0.110 e. The van der Waals surface area contributed by atoms with E-state index in [1.807, 2.05) is 11.3 Å². The number of thiazole rings is 1. The summed E-state index contributed by atoms with van der Waals surface area (Å²) in [5, 5.41) is 7.17. The van der Waals surface area contributed by atoms with Crippen molar-refractivity contribution in [3.63, 3.8) is 0 Å². The van der Waals surface area contributed by atoms with Crippen molar-refractivity contribution >= 4 is 11.3 Å². The second kappa shape index (κ2) is 4.84. The van der Waals surface area contributed by atoms with Gasteiger partial charge in [0.1, 0.15) is 5.01 Å². The van der Waals surface area contributed by atoms with Gasteiger partial charge >= 0.3 is 0 Å². The zero-order valence-electron chi connectivity index (χ0n) is 10.7. The van der Waals surface area contributed by atoms with Crippen LogP contribution in [0.2, 0.25) is 0 Å². The third-order valence-electron chi connectivity index (χ3n) is 3.00. The van der Waals surface area contributed by atoms with Crippen molar-refractivity contribution in [1.29, 1.82) is 0 Å². The first-order chi connectivity index (χ1) is 7.58. The van der Waals surface area contributed by atoms with E-state index in [1.165, 1.54) is 23.5 Å². The van der Waals surface area contributed by atoms with E-state index in [1.54, 1.807) is 0 Å². The van der Waals surface area contributed by atoms with Gasteiger partial charge in [-0.2, -0.15) is 0 Å². The van der Waals surface area contributed by atoms with E-state index in [0.717, 1.165) is 5.92 Å². The number of hydrogen-bond acceptors (Lipinski definition) is 3. The first kappa shape index (κ1) is 12.1. The number of nitrogens with one attached hydrogen (secondary N) is 1. The highest BCUT2D eigenvalue weighted by Gasteiger charge is 2.34. The summed E-state index contributed by atoms with van der Waals surface area (Å²) in [4.78, 5) is 4.78. The molecule has 0 bridgehead atoms. The summed E-state index contributed by atoms with van der Waals surface area (Å²) in [5.74, 6) is 1.37. The van der Waals surface area contributed by atoms with Crippen LogP contribution in [0.4, 0.5) is 0 Å². The molecule has 90 valence electrons. The molecule has 16 heavy (non-hydrogen) atoms. The molecule has 0 saturated heterocycles. The van der Waals surface area contributed by atoms with Gasteiger partial charge in [0.15, 0.2) is 0 Å². The Hall–Kier alpha value is -0.410. The number of hydrogen-bond donors (Lipinski definition) is 1. The minimum absolute atomic E-state index is 0.498. The van der Waals surface area contributed by atoms with Gasteiger partial charge in [0.05, 0.1) is 11.7 Å². The van der Waals surface area contributed by atoms with Gasteiger partial charge in [-0.15, -0.1) is 11.3 Å². The molecule has 0 spiro atoms. The van der Waals surface area contributed by atoms with Gasteiger partial charge in [-0.25, -0.2) is 4.98 Å². The summed E-state index contributed by atoms with van der Waals surface area (Å²) in [6.07, 6.45) is 2.72. The highest BCUT2D eigenvalue weighted by Crippen LogP contribution is 2.42. The van der Waals surface area contributed by atoms with Crippen LogP contribution in [0.3, 0.4) is 0 Å². The van der Waals surface area contributed by atoms with Crippen LogP contribution < -0.4 is 5.32 Å². The van der Waals surface area contributed by atoms with Crippen LogP contribution in [-0.2, 0) is 0 Å². The average molecular weight is 238 g/mol. The van der Waals surface area contributed by atoms with E-state index in [-0.39, 0.29) is 0 Å². The second-order valence-electron chi connectivity index (χ2n) is 5.40. The van der Waals surface area contributed by atoms with Gasteiger partial charge in [-0.1, -0.05) is 27.7 Å². The molecule has 1 N–H and O–H groups in total. The van der Waals surface area contributed by atoms with Crippen molar-refractivity contribution in [3.05, 3.63) is 16.1 Å². The third kappa shape index (κ3) is 2.83. The van der Waals surface area contributed by atoms with Crippen molar-refractivity contribution in [2.45, 2.75) is 58.5 Å². The summed E-state index contributed by atoms with van der Waals surface area (Å²) in [5.41, 5.74) is 1.25. The molecule has 1 aromatic rings. The van der Waals surface area contributed by atoms with Gasteiger partial charge in [-0.05, 0) is 24.7 Å². The van der Waals surface area contributed by atoms with Crippen LogP contribution >= 0.6 is 11.3 Å². The molecule has 1 saturated carbocycles. The molecule has 1 atom stereocenters. The summed E-state index contributed by atoms with van der Waals surface area (Å²) in [6, 6.07) is 1.04. The molecule has 2 rings (SSSR count). The summed E-state index contributed by atoms with van der Waals surface area (Å²) < 4.78 is 0. The van der Waals surface area contributed by atoms with Crippen LogP contribution in [0, 0.1) is 5.92 Å². The topological polar surface area (TPSA) is 24.9 Å². The predicted molar refractivity (Wildman–Crippen MR) is 69.9 cm³/mol. The second-order valence-corrected chi connectivity index (χ2v) is 6.29. The van der Waals surface area contributed by atoms with Gasteiger partial charge < -0.3 is 5.32 Å². The monoisotopic (exact) mass is 238 g/mol. The molecule has 0 aliphatic heterocycles. The van der Waals surface area contributed by atoms with E-state index in [4.69, 9.17) is 4.98 Å². The van der Waals surface area contributed by atoms with E-state index < -0.39 is 0 Å². The first-order valence-corrected chi connectivity index (χ1v) is 7.17. The Kier molecular flexibility index (Phi) is 3.65. The lowest BCUT2D eigenvalue weighted by molar-refractivity contribution is 0.434. The molecule has 1 unspecified atom stereocenters. The molecule has 1 heterocycles. The Bertz CT molecular complexity index is 339. The van der Waals surface area contributed by atoms with E-state index in [0.29, 0.717) is 18.0 Å². The van der Waals surface area contributed by atoms with Gasteiger partial charge in [0.25, 0.3) is 0 Å². The number of rotatable bonds is 5. The quantitative estimate of drug-likeness (QED) is 0.845. The normalized spacial score (nSPS) is 18.4. The smallest absolute Gasteiger partial charge is 0.110 e. The third-order valence-corrected chi connectivity index (χ3v) is 3.95. The summed E-state index contributed by atoms with van der Waals surface area (Å²) >= 11 is 1.82. The minimum atomic E-state index is 0.498. The molecule has 1 fully saturated rings.